The van der Waals surface area contributed by atoms with Gasteiger partial charge in [0.25, 0.3) is 0 Å². The first-order valence-electron chi connectivity index (χ1n) is 4.67. The summed E-state index contributed by atoms with van der Waals surface area (Å²) in [7, 11) is 0. The van der Waals surface area contributed by atoms with Crippen molar-refractivity contribution in [3.8, 4) is 5.75 Å². The Bertz CT molecular complexity index is 371. The molecule has 1 aromatic carbocycles. The zero-order valence-electron chi connectivity index (χ0n) is 8.64. The first kappa shape index (κ1) is 11.5. The van der Waals surface area contributed by atoms with Crippen LogP contribution in [-0.2, 0) is 4.79 Å². The molecule has 82 valence electrons. The molecule has 0 heterocycles. The second kappa shape index (κ2) is 4.31. The molecule has 4 nitrogen and oxygen atoms in total. The van der Waals surface area contributed by atoms with Gasteiger partial charge in [0.2, 0.25) is 0 Å². The normalized spacial score (nSPS) is 12.8. The summed E-state index contributed by atoms with van der Waals surface area (Å²) >= 11 is 0. The summed E-state index contributed by atoms with van der Waals surface area (Å²) in [4.78, 5) is 10.5. The van der Waals surface area contributed by atoms with Crippen LogP contribution in [0.4, 0.5) is 0 Å². The topological polar surface area (TPSA) is 77.8 Å². The second-order valence-corrected chi connectivity index (χ2v) is 3.71. The molecular formula is C11H14O4. The number of benzene rings is 1. The highest BCUT2D eigenvalue weighted by atomic mass is 16.4. The van der Waals surface area contributed by atoms with E-state index in [-0.39, 0.29) is 17.2 Å². The summed E-state index contributed by atoms with van der Waals surface area (Å²) < 4.78 is 0. The maximum absolute atomic E-state index is 10.5. The van der Waals surface area contributed by atoms with Crippen molar-refractivity contribution in [1.29, 1.82) is 0 Å². The predicted octanol–water partition coefficient (Wildman–Crippen LogP) is 1.63. The summed E-state index contributed by atoms with van der Waals surface area (Å²) in [6, 6.07) is 4.61. The van der Waals surface area contributed by atoms with Crippen molar-refractivity contribution in [3.63, 3.8) is 0 Å². The van der Waals surface area contributed by atoms with Crippen molar-refractivity contribution in [1.82, 2.24) is 0 Å². The lowest BCUT2D eigenvalue weighted by molar-refractivity contribution is -0.147. The SMILES string of the molecule is CC(C)c1ccc(C(O)C(=O)O)c(O)c1. The van der Waals surface area contributed by atoms with Gasteiger partial charge in [-0.25, -0.2) is 4.79 Å². The molecule has 1 unspecified atom stereocenters. The van der Waals surface area contributed by atoms with E-state index in [1.54, 1.807) is 6.07 Å². The molecule has 4 heteroatoms. The molecule has 0 saturated carbocycles. The quantitative estimate of drug-likeness (QED) is 0.708. The Hall–Kier alpha value is -1.55. The molecule has 0 spiro atoms. The number of phenols is 1. The third-order valence-electron chi connectivity index (χ3n) is 2.25. The first-order chi connectivity index (χ1) is 6.93. The van der Waals surface area contributed by atoms with Gasteiger partial charge in [-0.3, -0.25) is 0 Å². The van der Waals surface area contributed by atoms with E-state index in [4.69, 9.17) is 5.11 Å². The van der Waals surface area contributed by atoms with Crippen molar-refractivity contribution in [2.24, 2.45) is 0 Å². The maximum atomic E-state index is 10.5. The standard InChI is InChI=1S/C11H14O4/c1-6(2)7-3-4-8(9(12)5-7)10(13)11(14)15/h3-6,10,12-13H,1-2H3,(H,14,15). The van der Waals surface area contributed by atoms with Crippen LogP contribution in [0.5, 0.6) is 5.75 Å². The number of rotatable bonds is 3. The molecule has 15 heavy (non-hydrogen) atoms. The average molecular weight is 210 g/mol. The molecule has 0 saturated heterocycles. The van der Waals surface area contributed by atoms with Gasteiger partial charge in [0.15, 0.2) is 6.10 Å². The summed E-state index contributed by atoms with van der Waals surface area (Å²) in [5.41, 5.74) is 0.917. The molecular weight excluding hydrogens is 196 g/mol. The van der Waals surface area contributed by atoms with E-state index >= 15 is 0 Å². The third-order valence-corrected chi connectivity index (χ3v) is 2.25. The fourth-order valence-corrected chi connectivity index (χ4v) is 1.28. The van der Waals surface area contributed by atoms with Gasteiger partial charge < -0.3 is 15.3 Å². The number of hydrogen-bond donors (Lipinski definition) is 3. The van der Waals surface area contributed by atoms with Gasteiger partial charge in [0, 0.05) is 5.56 Å². The van der Waals surface area contributed by atoms with Gasteiger partial charge in [-0.15, -0.1) is 0 Å². The third kappa shape index (κ3) is 2.47. The van der Waals surface area contributed by atoms with Crippen LogP contribution in [0.3, 0.4) is 0 Å². The molecule has 0 aliphatic heterocycles. The average Bonchev–Trinajstić information content (AvgIpc) is 2.16. The number of carboxylic acid groups (broad SMARTS) is 1. The van der Waals surface area contributed by atoms with Crippen molar-refractivity contribution in [2.45, 2.75) is 25.9 Å². The Kier molecular flexibility index (Phi) is 3.31. The molecule has 0 aliphatic carbocycles. The van der Waals surface area contributed by atoms with Crippen LogP contribution in [-0.4, -0.2) is 21.3 Å². The minimum Gasteiger partial charge on any atom is -0.508 e. The Balaban J connectivity index is 3.08. The van der Waals surface area contributed by atoms with Crippen molar-refractivity contribution in [3.05, 3.63) is 29.3 Å². The molecule has 0 fully saturated rings. The number of aromatic hydroxyl groups is 1. The Morgan fingerprint density at radius 1 is 1.33 bits per heavy atom. The highest BCUT2D eigenvalue weighted by Gasteiger charge is 2.19. The van der Waals surface area contributed by atoms with Gasteiger partial charge in [-0.1, -0.05) is 26.0 Å². The van der Waals surface area contributed by atoms with Crippen molar-refractivity contribution >= 4 is 5.97 Å². The lowest BCUT2D eigenvalue weighted by Crippen LogP contribution is -2.10. The molecule has 0 aromatic heterocycles. The summed E-state index contributed by atoms with van der Waals surface area (Å²) in [6.45, 7) is 3.92. The number of hydrogen-bond acceptors (Lipinski definition) is 3. The molecule has 0 radical (unpaired) electrons. The van der Waals surface area contributed by atoms with Crippen LogP contribution in [0.25, 0.3) is 0 Å². The lowest BCUT2D eigenvalue weighted by atomic mass is 9.99. The van der Waals surface area contributed by atoms with Crippen LogP contribution < -0.4 is 0 Å². The van der Waals surface area contributed by atoms with Gasteiger partial charge in [0.05, 0.1) is 0 Å². The van der Waals surface area contributed by atoms with E-state index in [1.807, 2.05) is 13.8 Å². The highest BCUT2D eigenvalue weighted by molar-refractivity contribution is 5.75. The first-order valence-corrected chi connectivity index (χ1v) is 4.67. The van der Waals surface area contributed by atoms with Gasteiger partial charge in [-0.2, -0.15) is 0 Å². The molecule has 3 N–H and O–H groups in total. The fraction of sp³-hybridized carbons (Fsp3) is 0.364. The summed E-state index contributed by atoms with van der Waals surface area (Å²) in [5.74, 6) is -1.31. The molecule has 0 amide bonds. The van der Waals surface area contributed by atoms with Crippen molar-refractivity contribution < 1.29 is 20.1 Å². The lowest BCUT2D eigenvalue weighted by Gasteiger charge is -2.11. The number of carboxylic acids is 1. The predicted molar refractivity (Wildman–Crippen MR) is 54.8 cm³/mol. The summed E-state index contributed by atoms with van der Waals surface area (Å²) in [5, 5.41) is 27.4. The number of aliphatic hydroxyl groups is 1. The van der Waals surface area contributed by atoms with Crippen LogP contribution in [0.15, 0.2) is 18.2 Å². The Morgan fingerprint density at radius 3 is 2.33 bits per heavy atom. The zero-order chi connectivity index (χ0) is 11.6. The van der Waals surface area contributed by atoms with E-state index < -0.39 is 12.1 Å². The summed E-state index contributed by atoms with van der Waals surface area (Å²) in [6.07, 6.45) is -1.67. The molecule has 1 rings (SSSR count). The number of carbonyl (C=O) groups is 1. The van der Waals surface area contributed by atoms with E-state index in [1.165, 1.54) is 12.1 Å². The van der Waals surface area contributed by atoms with Gasteiger partial charge in [0.1, 0.15) is 5.75 Å². The minimum atomic E-state index is -1.67. The minimum absolute atomic E-state index is 0.0203. The highest BCUT2D eigenvalue weighted by Crippen LogP contribution is 2.28. The monoisotopic (exact) mass is 210 g/mol. The Labute approximate surface area is 87.8 Å². The molecule has 0 bridgehead atoms. The van der Waals surface area contributed by atoms with E-state index in [2.05, 4.69) is 0 Å². The largest absolute Gasteiger partial charge is 0.508 e. The molecule has 1 aromatic rings. The Morgan fingerprint density at radius 2 is 1.93 bits per heavy atom. The fourth-order valence-electron chi connectivity index (χ4n) is 1.28. The number of aliphatic carboxylic acids is 1. The van der Waals surface area contributed by atoms with Gasteiger partial charge >= 0.3 is 5.97 Å². The van der Waals surface area contributed by atoms with E-state index in [0.29, 0.717) is 0 Å². The van der Waals surface area contributed by atoms with Crippen LogP contribution in [0.1, 0.15) is 37.0 Å². The van der Waals surface area contributed by atoms with Crippen LogP contribution in [0, 0.1) is 0 Å². The van der Waals surface area contributed by atoms with Crippen LogP contribution in [0.2, 0.25) is 0 Å². The van der Waals surface area contributed by atoms with E-state index in [9.17, 15) is 15.0 Å². The zero-order valence-corrected chi connectivity index (χ0v) is 8.64. The number of phenolic OH excluding ortho intramolecular Hbond substituents is 1. The molecule has 1 atom stereocenters. The smallest absolute Gasteiger partial charge is 0.337 e. The number of aliphatic hydroxyl groups excluding tert-OH is 1. The van der Waals surface area contributed by atoms with Gasteiger partial charge in [-0.05, 0) is 17.5 Å². The molecule has 0 aliphatic rings. The maximum Gasteiger partial charge on any atom is 0.337 e. The van der Waals surface area contributed by atoms with Crippen LogP contribution >= 0.6 is 0 Å². The second-order valence-electron chi connectivity index (χ2n) is 3.71. The van der Waals surface area contributed by atoms with E-state index in [0.717, 1.165) is 5.56 Å². The van der Waals surface area contributed by atoms with Crippen molar-refractivity contribution in [2.75, 3.05) is 0 Å².